The molecule has 4 aromatic rings. The fraction of sp³-hybridized carbons (Fsp3) is 0.125. The Hall–Kier alpha value is -3.71. The number of rotatable bonds is 7. The first-order valence-electron chi connectivity index (χ1n) is 9.83. The highest BCUT2D eigenvalue weighted by molar-refractivity contribution is 7.18. The molecule has 0 radical (unpaired) electrons. The highest BCUT2D eigenvalue weighted by Gasteiger charge is 2.06. The van der Waals surface area contributed by atoms with Gasteiger partial charge in [-0.1, -0.05) is 35.5 Å². The van der Waals surface area contributed by atoms with Gasteiger partial charge in [0.1, 0.15) is 11.9 Å². The Labute approximate surface area is 185 Å². The van der Waals surface area contributed by atoms with E-state index in [9.17, 15) is 0 Å². The van der Waals surface area contributed by atoms with Crippen molar-refractivity contribution in [3.63, 3.8) is 0 Å². The first-order chi connectivity index (χ1) is 15.1. The molecule has 7 heteroatoms. The summed E-state index contributed by atoms with van der Waals surface area (Å²) in [6.45, 7) is 2.00. The normalized spacial score (nSPS) is 11.5. The van der Waals surface area contributed by atoms with E-state index in [-0.39, 0.29) is 0 Å². The van der Waals surface area contributed by atoms with E-state index in [4.69, 9.17) is 4.84 Å². The van der Waals surface area contributed by atoms with Crippen molar-refractivity contribution in [2.75, 3.05) is 24.2 Å². The molecule has 3 aromatic carbocycles. The Morgan fingerprint density at radius 3 is 2.45 bits per heavy atom. The number of fused-ring (bicyclic) bond motifs is 1. The zero-order valence-electron chi connectivity index (χ0n) is 17.6. The minimum atomic E-state index is 0.714. The van der Waals surface area contributed by atoms with E-state index in [0.29, 0.717) is 5.69 Å². The third kappa shape index (κ3) is 5.26. The maximum Gasteiger partial charge on any atom is 0.122 e. The molecule has 0 fully saturated rings. The number of hydrogen-bond acceptors (Lipinski definition) is 6. The van der Waals surface area contributed by atoms with Crippen LogP contribution >= 0.6 is 11.3 Å². The topological polar surface area (TPSA) is 53.3 Å². The van der Waals surface area contributed by atoms with Crippen LogP contribution in [0.2, 0.25) is 0 Å². The zero-order chi connectivity index (χ0) is 21.6. The molecule has 0 aliphatic heterocycles. The number of aryl methyl sites for hydroxylation is 1. The fourth-order valence-corrected chi connectivity index (χ4v) is 3.73. The van der Waals surface area contributed by atoms with Crippen LogP contribution in [0.15, 0.2) is 89.4 Å². The molecule has 0 atom stereocenters. The second kappa shape index (κ2) is 9.40. The third-order valence-electron chi connectivity index (χ3n) is 4.53. The summed E-state index contributed by atoms with van der Waals surface area (Å²) in [5.74, 6) is 0. The van der Waals surface area contributed by atoms with Crippen molar-refractivity contribution in [2.45, 2.75) is 6.92 Å². The van der Waals surface area contributed by atoms with E-state index in [1.165, 1.54) is 5.17 Å². The summed E-state index contributed by atoms with van der Waals surface area (Å²) in [5, 5.41) is 11.1. The Kier molecular flexibility index (Phi) is 6.24. The molecule has 1 heterocycles. The highest BCUT2D eigenvalue weighted by Crippen LogP contribution is 2.26. The number of aromatic nitrogens is 1. The Bertz CT molecular complexity index is 1200. The van der Waals surface area contributed by atoms with E-state index >= 15 is 0 Å². The average molecular weight is 430 g/mol. The first-order valence-corrected chi connectivity index (χ1v) is 10.6. The molecule has 0 N–H and O–H groups in total. The van der Waals surface area contributed by atoms with Gasteiger partial charge in [0.05, 0.1) is 20.9 Å². The number of para-hydroxylation sites is 1. The van der Waals surface area contributed by atoms with Crippen LogP contribution in [0.25, 0.3) is 16.3 Å². The van der Waals surface area contributed by atoms with Crippen molar-refractivity contribution in [2.24, 2.45) is 10.3 Å². The minimum absolute atomic E-state index is 0.714. The third-order valence-corrected chi connectivity index (χ3v) is 5.48. The minimum Gasteiger partial charge on any atom is -0.378 e. The molecule has 0 amide bonds. The molecule has 0 unspecified atom stereocenters. The van der Waals surface area contributed by atoms with Crippen molar-refractivity contribution < 1.29 is 4.84 Å². The van der Waals surface area contributed by atoms with Gasteiger partial charge in [-0.15, -0.1) is 16.5 Å². The van der Waals surface area contributed by atoms with Gasteiger partial charge in [-0.25, -0.2) is 4.98 Å². The maximum absolute atomic E-state index is 5.79. The van der Waals surface area contributed by atoms with E-state index in [2.05, 4.69) is 32.4 Å². The summed E-state index contributed by atoms with van der Waals surface area (Å²) in [5.41, 5.74) is 4.58. The number of anilines is 2. The number of nitrogens with zero attached hydrogens (tertiary/aromatic N) is 5. The van der Waals surface area contributed by atoms with E-state index < -0.39 is 0 Å². The van der Waals surface area contributed by atoms with Crippen LogP contribution in [0.4, 0.5) is 17.1 Å². The molecule has 0 saturated heterocycles. The monoisotopic (exact) mass is 429 g/mol. The molecule has 1 aromatic heterocycles. The summed E-state index contributed by atoms with van der Waals surface area (Å²) in [7, 11) is 4.04. The van der Waals surface area contributed by atoms with Gasteiger partial charge in [-0.3, -0.25) is 0 Å². The molecule has 156 valence electrons. The lowest BCUT2D eigenvalue weighted by molar-refractivity contribution is 0.214. The van der Waals surface area contributed by atoms with Crippen molar-refractivity contribution in [1.82, 2.24) is 4.98 Å². The first kappa shape index (κ1) is 20.6. The van der Waals surface area contributed by atoms with Gasteiger partial charge in [0.15, 0.2) is 0 Å². The van der Waals surface area contributed by atoms with Gasteiger partial charge in [0, 0.05) is 19.8 Å². The lowest BCUT2D eigenvalue weighted by atomic mass is 10.2. The smallest absolute Gasteiger partial charge is 0.122 e. The van der Waals surface area contributed by atoms with Crippen molar-refractivity contribution in [3.05, 3.63) is 89.6 Å². The average Bonchev–Trinajstić information content (AvgIpc) is 3.16. The molecule has 0 bridgehead atoms. The quantitative estimate of drug-likeness (QED) is 0.185. The van der Waals surface area contributed by atoms with Crippen LogP contribution in [0.3, 0.4) is 0 Å². The van der Waals surface area contributed by atoms with Crippen LogP contribution in [-0.4, -0.2) is 19.1 Å². The van der Waals surface area contributed by atoms with Gasteiger partial charge in [0.25, 0.3) is 0 Å². The summed E-state index contributed by atoms with van der Waals surface area (Å²) in [6.07, 6.45) is 3.48. The zero-order valence-corrected chi connectivity index (χ0v) is 18.5. The molecular weight excluding hydrogens is 406 g/mol. The molecule has 0 aliphatic carbocycles. The predicted molar refractivity (Wildman–Crippen MR) is 129 cm³/mol. The summed E-state index contributed by atoms with van der Waals surface area (Å²) >= 11 is 1.66. The van der Waals surface area contributed by atoms with Crippen LogP contribution in [0.1, 0.15) is 10.6 Å². The van der Waals surface area contributed by atoms with Crippen molar-refractivity contribution >= 4 is 44.7 Å². The van der Waals surface area contributed by atoms with Crippen LogP contribution < -0.4 is 10.1 Å². The lowest BCUT2D eigenvalue weighted by Crippen LogP contribution is -2.12. The Balaban J connectivity index is 1.52. The van der Waals surface area contributed by atoms with Gasteiger partial charge in [-0.05, 0) is 66.3 Å². The Morgan fingerprint density at radius 2 is 1.71 bits per heavy atom. The molecular formula is C24H23N5OS. The van der Waals surface area contributed by atoms with Crippen molar-refractivity contribution in [3.8, 4) is 0 Å². The second-order valence-corrected chi connectivity index (χ2v) is 8.31. The van der Waals surface area contributed by atoms with Gasteiger partial charge < -0.3 is 9.74 Å². The number of hydrogen-bond donors (Lipinski definition) is 0. The van der Waals surface area contributed by atoms with Crippen LogP contribution in [0.5, 0.6) is 0 Å². The van der Waals surface area contributed by atoms with Gasteiger partial charge >= 0.3 is 0 Å². The van der Waals surface area contributed by atoms with Crippen LogP contribution in [0, 0.1) is 6.92 Å². The molecule has 31 heavy (non-hydrogen) atoms. The van der Waals surface area contributed by atoms with E-state index in [1.807, 2.05) is 87.8 Å². The lowest BCUT2D eigenvalue weighted by Gasteiger charge is -2.15. The highest BCUT2D eigenvalue weighted by atomic mass is 32.1. The summed E-state index contributed by atoms with van der Waals surface area (Å²) in [6, 6.07) is 23.7. The molecule has 0 aliphatic rings. The fourth-order valence-electron chi connectivity index (χ4n) is 2.92. The number of benzene rings is 3. The summed E-state index contributed by atoms with van der Waals surface area (Å²) in [4.78, 5) is 12.4. The van der Waals surface area contributed by atoms with E-state index in [1.54, 1.807) is 17.6 Å². The van der Waals surface area contributed by atoms with Gasteiger partial charge in [-0.2, -0.15) is 0 Å². The maximum atomic E-state index is 5.79. The van der Waals surface area contributed by atoms with Crippen LogP contribution in [-0.2, 0) is 4.84 Å². The molecule has 0 saturated carbocycles. The van der Waals surface area contributed by atoms with Gasteiger partial charge in [0.2, 0.25) is 0 Å². The van der Waals surface area contributed by atoms with Crippen molar-refractivity contribution in [1.29, 1.82) is 0 Å². The second-order valence-electron chi connectivity index (χ2n) is 7.08. The Morgan fingerprint density at radius 1 is 0.935 bits per heavy atom. The predicted octanol–water partition coefficient (Wildman–Crippen LogP) is 6.78. The number of thiazole rings is 1. The largest absolute Gasteiger partial charge is 0.378 e. The SMILES string of the molecule is Cc1nc2cc(N=NN(OC=Cc3ccc(N(C)C)cc3)c3ccccc3)ccc2s1. The molecule has 4 rings (SSSR count). The van der Waals surface area contributed by atoms with E-state index in [0.717, 1.165) is 32.2 Å². The summed E-state index contributed by atoms with van der Waals surface area (Å²) < 4.78 is 1.14. The molecule has 0 spiro atoms. The molecule has 6 nitrogen and oxygen atoms in total. The standard InChI is InChI=1S/C24H23N5OS/c1-18-25-23-17-20(11-14-24(23)31-18)26-27-29(22-7-5-4-6-8-22)30-16-15-19-9-12-21(13-10-19)28(2)3/h4-17H,1-3H3.